The molecule has 4 nitrogen and oxygen atoms in total. The molecule has 0 saturated heterocycles. The maximum absolute atomic E-state index is 12.2. The zero-order valence-corrected chi connectivity index (χ0v) is 14.6. The van der Waals surface area contributed by atoms with Gasteiger partial charge >= 0.3 is 0 Å². The lowest BCUT2D eigenvalue weighted by atomic mass is 10.2. The first-order chi connectivity index (χ1) is 9.62. The van der Waals surface area contributed by atoms with Crippen molar-refractivity contribution in [3.05, 3.63) is 26.7 Å². The van der Waals surface area contributed by atoms with Gasteiger partial charge in [0.1, 0.15) is 4.90 Å². The maximum atomic E-state index is 12.2. The molecule has 9 heteroatoms. The summed E-state index contributed by atoms with van der Waals surface area (Å²) in [7, 11) is 1.14. The molecular weight excluding hydrogens is 380 g/mol. The van der Waals surface area contributed by atoms with Gasteiger partial charge in [-0.1, -0.05) is 41.7 Å². The van der Waals surface area contributed by atoms with Crippen molar-refractivity contribution in [2.45, 2.75) is 18.2 Å². The molecular formula is C12H11Cl4NO3S. The van der Waals surface area contributed by atoms with E-state index < -0.39 is 19.9 Å². The van der Waals surface area contributed by atoms with Crippen LogP contribution in [0.2, 0.25) is 15.1 Å². The van der Waals surface area contributed by atoms with Gasteiger partial charge in [-0.15, -0.1) is 0 Å². The molecule has 0 radical (unpaired) electrons. The van der Waals surface area contributed by atoms with Crippen LogP contribution >= 0.6 is 45.5 Å². The molecule has 0 aliphatic heterocycles. The number of benzene rings is 1. The molecule has 21 heavy (non-hydrogen) atoms. The van der Waals surface area contributed by atoms with Gasteiger partial charge < -0.3 is 5.32 Å². The maximum Gasteiger partial charge on any atom is 0.262 e. The second-order valence-electron chi connectivity index (χ2n) is 4.98. The Kier molecular flexibility index (Phi) is 5.01. The van der Waals surface area contributed by atoms with E-state index in [-0.39, 0.29) is 20.6 Å². The van der Waals surface area contributed by atoms with E-state index in [0.717, 1.165) is 12.5 Å². The minimum atomic E-state index is -4.14. The van der Waals surface area contributed by atoms with Crippen molar-refractivity contribution in [2.75, 3.05) is 6.54 Å². The Hall–Kier alpha value is -0.200. The Morgan fingerprint density at radius 1 is 1.33 bits per heavy atom. The number of halogens is 4. The number of nitrogens with one attached hydrogen (secondary N) is 1. The molecule has 1 aromatic carbocycles. The van der Waals surface area contributed by atoms with Crippen LogP contribution in [0.5, 0.6) is 0 Å². The monoisotopic (exact) mass is 389 g/mol. The van der Waals surface area contributed by atoms with Crippen LogP contribution in [0, 0.1) is 11.8 Å². The van der Waals surface area contributed by atoms with Crippen LogP contribution in [0.15, 0.2) is 11.0 Å². The lowest BCUT2D eigenvalue weighted by Gasteiger charge is -2.12. The third-order valence-electron chi connectivity index (χ3n) is 3.41. The van der Waals surface area contributed by atoms with Crippen molar-refractivity contribution in [2.24, 2.45) is 11.8 Å². The molecule has 0 bridgehead atoms. The Labute approximate surface area is 142 Å². The lowest BCUT2D eigenvalue weighted by molar-refractivity contribution is 0.0951. The summed E-state index contributed by atoms with van der Waals surface area (Å²) in [4.78, 5) is 11.7. The molecule has 1 aliphatic carbocycles. The molecule has 2 rings (SSSR count). The molecule has 2 atom stereocenters. The normalized spacial score (nSPS) is 21.2. The summed E-state index contributed by atoms with van der Waals surface area (Å²) < 4.78 is 22.9. The van der Waals surface area contributed by atoms with Crippen LogP contribution in [0.4, 0.5) is 0 Å². The lowest BCUT2D eigenvalue weighted by Crippen LogP contribution is -2.27. The summed E-state index contributed by atoms with van der Waals surface area (Å²) in [5, 5.41) is 2.13. The minimum Gasteiger partial charge on any atom is -0.352 e. The number of carbonyl (C=O) groups excluding carboxylic acids is 1. The standard InChI is InChI=1S/C12H11Cl4NO3S/c1-5-2-6(5)4-17-12(18)9-10(14)7(13)3-8(11(9)15)21(16,19)20/h3,5-6H,2,4H2,1H3,(H,17,18). The summed E-state index contributed by atoms with van der Waals surface area (Å²) in [6.45, 7) is 2.55. The molecule has 0 aromatic heterocycles. The Morgan fingerprint density at radius 2 is 1.90 bits per heavy atom. The second kappa shape index (κ2) is 6.13. The smallest absolute Gasteiger partial charge is 0.262 e. The van der Waals surface area contributed by atoms with Gasteiger partial charge in [0, 0.05) is 17.2 Å². The van der Waals surface area contributed by atoms with Gasteiger partial charge in [-0.25, -0.2) is 8.42 Å². The first-order valence-electron chi connectivity index (χ1n) is 6.03. The fourth-order valence-electron chi connectivity index (χ4n) is 1.95. The van der Waals surface area contributed by atoms with Gasteiger partial charge in [-0.2, -0.15) is 0 Å². The van der Waals surface area contributed by atoms with Crippen LogP contribution in [-0.2, 0) is 9.05 Å². The molecule has 1 fully saturated rings. The van der Waals surface area contributed by atoms with Gasteiger partial charge in [0.2, 0.25) is 0 Å². The quantitative estimate of drug-likeness (QED) is 0.625. The van der Waals surface area contributed by atoms with Crippen molar-refractivity contribution >= 4 is 60.4 Å². The summed E-state index contributed by atoms with van der Waals surface area (Å²) in [6.07, 6.45) is 1.04. The van der Waals surface area contributed by atoms with E-state index in [1.54, 1.807) is 0 Å². The topological polar surface area (TPSA) is 63.2 Å². The van der Waals surface area contributed by atoms with E-state index in [2.05, 4.69) is 12.2 Å². The molecule has 1 N–H and O–H groups in total. The number of hydrogen-bond acceptors (Lipinski definition) is 3. The Bertz CT molecular complexity index is 705. The van der Waals surface area contributed by atoms with Crippen molar-refractivity contribution in [1.29, 1.82) is 0 Å². The van der Waals surface area contributed by atoms with Crippen molar-refractivity contribution < 1.29 is 13.2 Å². The fraction of sp³-hybridized carbons (Fsp3) is 0.417. The predicted molar refractivity (Wildman–Crippen MR) is 84.1 cm³/mol. The van der Waals surface area contributed by atoms with Crippen molar-refractivity contribution in [3.63, 3.8) is 0 Å². The number of hydrogen-bond donors (Lipinski definition) is 1. The highest BCUT2D eigenvalue weighted by molar-refractivity contribution is 8.13. The highest BCUT2D eigenvalue weighted by atomic mass is 35.7. The number of amides is 1. The van der Waals surface area contributed by atoms with Gasteiger partial charge in [-0.3, -0.25) is 4.79 Å². The fourth-order valence-corrected chi connectivity index (χ4v) is 4.10. The zero-order valence-electron chi connectivity index (χ0n) is 10.8. The zero-order chi connectivity index (χ0) is 15.9. The van der Waals surface area contributed by atoms with Gasteiger partial charge in [0.05, 0.1) is 20.6 Å². The number of carbonyl (C=O) groups is 1. The summed E-state index contributed by atoms with van der Waals surface area (Å²) in [6, 6.07) is 1.02. The van der Waals surface area contributed by atoms with E-state index in [1.165, 1.54) is 0 Å². The largest absolute Gasteiger partial charge is 0.352 e. The van der Waals surface area contributed by atoms with E-state index in [4.69, 9.17) is 45.5 Å². The first-order valence-corrected chi connectivity index (χ1v) is 9.47. The molecule has 1 aromatic rings. The average Bonchev–Trinajstić information content (AvgIpc) is 3.06. The summed E-state index contributed by atoms with van der Waals surface area (Å²) >= 11 is 17.8. The SMILES string of the molecule is CC1CC1CNC(=O)c1c(Cl)c(Cl)cc(S(=O)(=O)Cl)c1Cl. The van der Waals surface area contributed by atoms with E-state index in [9.17, 15) is 13.2 Å². The molecule has 116 valence electrons. The van der Waals surface area contributed by atoms with Crippen molar-refractivity contribution in [1.82, 2.24) is 5.32 Å². The molecule has 2 unspecified atom stereocenters. The number of rotatable bonds is 4. The Balaban J connectivity index is 2.37. The van der Waals surface area contributed by atoms with Crippen molar-refractivity contribution in [3.8, 4) is 0 Å². The van der Waals surface area contributed by atoms with Crippen LogP contribution in [0.3, 0.4) is 0 Å². The van der Waals surface area contributed by atoms with E-state index in [0.29, 0.717) is 18.4 Å². The molecule has 1 aliphatic rings. The van der Waals surface area contributed by atoms with Crippen LogP contribution in [0.25, 0.3) is 0 Å². The molecule has 1 saturated carbocycles. The first kappa shape index (κ1) is 17.2. The third-order valence-corrected chi connectivity index (χ3v) is 6.05. The van der Waals surface area contributed by atoms with Gasteiger partial charge in [-0.05, 0) is 24.3 Å². The highest BCUT2D eigenvalue weighted by Gasteiger charge is 2.33. The van der Waals surface area contributed by atoms with Gasteiger partial charge in [0.25, 0.3) is 15.0 Å². The minimum absolute atomic E-state index is 0.105. The van der Waals surface area contributed by atoms with Crippen LogP contribution in [-0.4, -0.2) is 20.9 Å². The summed E-state index contributed by atoms with van der Waals surface area (Å²) in [5.74, 6) is 0.407. The molecule has 0 spiro atoms. The Morgan fingerprint density at radius 3 is 2.38 bits per heavy atom. The van der Waals surface area contributed by atoms with Crippen LogP contribution < -0.4 is 5.32 Å². The second-order valence-corrected chi connectivity index (χ2v) is 8.68. The summed E-state index contributed by atoms with van der Waals surface area (Å²) in [5.41, 5.74) is -0.182. The highest BCUT2D eigenvalue weighted by Crippen LogP contribution is 2.39. The molecule has 0 heterocycles. The van der Waals surface area contributed by atoms with E-state index >= 15 is 0 Å². The van der Waals surface area contributed by atoms with E-state index in [1.807, 2.05) is 0 Å². The third kappa shape index (κ3) is 3.77. The van der Waals surface area contributed by atoms with Gasteiger partial charge in [0.15, 0.2) is 0 Å². The van der Waals surface area contributed by atoms with Crippen LogP contribution in [0.1, 0.15) is 23.7 Å². The predicted octanol–water partition coefficient (Wildman–Crippen LogP) is 3.96. The average molecular weight is 391 g/mol. The molecule has 1 amide bonds.